The van der Waals surface area contributed by atoms with E-state index in [-0.39, 0.29) is 49.5 Å². The second-order valence-electron chi connectivity index (χ2n) is 0.316. The molecule has 0 spiro atoms. The molecule has 0 aliphatic rings. The van der Waals surface area contributed by atoms with Crippen molar-refractivity contribution < 1.29 is 7.96 Å². The van der Waals surface area contributed by atoms with Crippen LogP contribution in [0, 0.1) is 0 Å². The third kappa shape index (κ3) is 36.8. The molecule has 1 N–H and O–H groups in total. The van der Waals surface area contributed by atoms with E-state index in [1.807, 2.05) is 0 Å². The van der Waals surface area contributed by atoms with Crippen molar-refractivity contribution in [1.82, 2.24) is 0 Å². The summed E-state index contributed by atoms with van der Waals surface area (Å²) in [6.45, 7) is 1.93. The number of halogens is 1. The Hall–Kier alpha value is 1.21. The zero-order chi connectivity index (χ0) is 2.71. The van der Waals surface area contributed by atoms with Gasteiger partial charge < -0.3 is 7.96 Å². The van der Waals surface area contributed by atoms with Gasteiger partial charge in [0.15, 0.2) is 0 Å². The van der Waals surface area contributed by atoms with Crippen LogP contribution in [-0.2, 0) is 0 Å². The van der Waals surface area contributed by atoms with Crippen LogP contribution in [0.3, 0.4) is 0 Å². The largest absolute Gasteiger partial charge is 2.00 e. The first-order valence-electron chi connectivity index (χ1n) is 1.02. The minimum Gasteiger partial charge on any atom is -1.00 e. The van der Waals surface area contributed by atoms with E-state index in [2.05, 4.69) is 0 Å². The maximum atomic E-state index is 7.57. The van der Waals surface area contributed by atoms with E-state index in [1.54, 1.807) is 6.92 Å². The first-order chi connectivity index (χ1) is 1.41. The molecule has 0 saturated carbocycles. The van der Waals surface area contributed by atoms with E-state index in [1.165, 1.54) is 0 Å². The predicted molar refractivity (Wildman–Crippen MR) is 31.1 cm³/mol. The Bertz CT molecular complexity index is 15.7. The predicted octanol–water partition coefficient (Wildman–Crippen LogP) is 0.421. The molecule has 3 heteroatoms. The molecule has 0 heterocycles. The molecular formula is C2H9BrMgO. The summed E-state index contributed by atoms with van der Waals surface area (Å²) in [5.41, 5.74) is 0. The van der Waals surface area contributed by atoms with Crippen molar-refractivity contribution in [3.8, 4) is 0 Å². The molecule has 0 aromatic heterocycles. The summed E-state index contributed by atoms with van der Waals surface area (Å²) in [5.74, 6) is 0. The SMILES string of the molecule is Br.CCO.[H-].[H-].[Mg+2]. The zero-order valence-electron chi connectivity index (χ0n) is 5.27. The van der Waals surface area contributed by atoms with Gasteiger partial charge in [-0.05, 0) is 6.92 Å². The van der Waals surface area contributed by atoms with Crippen LogP contribution in [0.1, 0.15) is 9.78 Å². The monoisotopic (exact) mass is 152 g/mol. The summed E-state index contributed by atoms with van der Waals surface area (Å²) in [4.78, 5) is 0. The molecule has 0 amide bonds. The molecule has 0 fully saturated rings. The number of hydrogen-bond acceptors (Lipinski definition) is 1. The molecule has 0 aromatic rings. The minimum absolute atomic E-state index is 0. The zero-order valence-corrected chi connectivity index (χ0v) is 6.40. The Morgan fingerprint density at radius 2 is 1.80 bits per heavy atom. The van der Waals surface area contributed by atoms with Gasteiger partial charge in [0.2, 0.25) is 0 Å². The summed E-state index contributed by atoms with van der Waals surface area (Å²) >= 11 is 0. The van der Waals surface area contributed by atoms with Crippen LogP contribution in [0.5, 0.6) is 0 Å². The first-order valence-corrected chi connectivity index (χ1v) is 1.02. The summed E-state index contributed by atoms with van der Waals surface area (Å²) in [7, 11) is 0. The number of aliphatic hydroxyl groups excluding tert-OH is 1. The Morgan fingerprint density at radius 1 is 1.80 bits per heavy atom. The maximum Gasteiger partial charge on any atom is 2.00 e. The Balaban J connectivity index is -0.00000000333. The van der Waals surface area contributed by atoms with Crippen LogP contribution >= 0.6 is 17.0 Å². The van der Waals surface area contributed by atoms with Crippen molar-refractivity contribution in [2.75, 3.05) is 6.61 Å². The van der Waals surface area contributed by atoms with Gasteiger partial charge in [0, 0.05) is 6.61 Å². The van der Waals surface area contributed by atoms with Gasteiger partial charge in [0.05, 0.1) is 0 Å². The second-order valence-corrected chi connectivity index (χ2v) is 0.316. The summed E-state index contributed by atoms with van der Waals surface area (Å²) in [6.07, 6.45) is 0. The van der Waals surface area contributed by atoms with Crippen molar-refractivity contribution in [3.05, 3.63) is 0 Å². The molecule has 0 atom stereocenters. The van der Waals surface area contributed by atoms with Gasteiger partial charge >= 0.3 is 23.1 Å². The molecule has 5 heavy (non-hydrogen) atoms. The molecule has 32 valence electrons. The number of aliphatic hydroxyl groups is 1. The van der Waals surface area contributed by atoms with Gasteiger partial charge in [0.1, 0.15) is 0 Å². The molecule has 0 aliphatic heterocycles. The summed E-state index contributed by atoms with van der Waals surface area (Å²) < 4.78 is 0. The van der Waals surface area contributed by atoms with Crippen LogP contribution in [0.2, 0.25) is 0 Å². The normalized spacial score (nSPS) is 3.60. The average Bonchev–Trinajstić information content (AvgIpc) is 0.918. The van der Waals surface area contributed by atoms with Gasteiger partial charge in [-0.2, -0.15) is 0 Å². The van der Waals surface area contributed by atoms with Crippen molar-refractivity contribution in [1.29, 1.82) is 0 Å². The standard InChI is InChI=1S/C2H6O.BrH.Mg.2H/c1-2-3;;;;/h3H,2H2,1H3;1H;;;/q;;+2;2*-1. The maximum absolute atomic E-state index is 7.57. The van der Waals surface area contributed by atoms with Crippen molar-refractivity contribution in [2.24, 2.45) is 0 Å². The average molecular weight is 153 g/mol. The van der Waals surface area contributed by atoms with E-state index in [4.69, 9.17) is 5.11 Å². The van der Waals surface area contributed by atoms with E-state index >= 15 is 0 Å². The molecule has 0 bridgehead atoms. The van der Waals surface area contributed by atoms with Crippen LogP contribution in [0.4, 0.5) is 0 Å². The van der Waals surface area contributed by atoms with Crippen LogP contribution in [0.25, 0.3) is 0 Å². The molecule has 0 saturated heterocycles. The quantitative estimate of drug-likeness (QED) is 0.500. The van der Waals surface area contributed by atoms with Gasteiger partial charge in [-0.15, -0.1) is 17.0 Å². The number of rotatable bonds is 0. The Morgan fingerprint density at radius 3 is 1.80 bits per heavy atom. The molecule has 0 aromatic carbocycles. The van der Waals surface area contributed by atoms with Gasteiger partial charge in [-0.1, -0.05) is 0 Å². The Labute approximate surface area is 61.7 Å². The molecule has 0 radical (unpaired) electrons. The molecule has 0 rings (SSSR count). The van der Waals surface area contributed by atoms with Crippen molar-refractivity contribution in [2.45, 2.75) is 6.92 Å². The van der Waals surface area contributed by atoms with Crippen molar-refractivity contribution >= 4 is 40.0 Å². The van der Waals surface area contributed by atoms with Crippen LogP contribution < -0.4 is 0 Å². The van der Waals surface area contributed by atoms with Crippen LogP contribution in [-0.4, -0.2) is 34.8 Å². The molecule has 1 nitrogen and oxygen atoms in total. The second kappa shape index (κ2) is 18.9. The fourth-order valence-electron chi connectivity index (χ4n) is 0. The van der Waals surface area contributed by atoms with Gasteiger partial charge in [-0.25, -0.2) is 0 Å². The topological polar surface area (TPSA) is 20.2 Å². The van der Waals surface area contributed by atoms with E-state index < -0.39 is 0 Å². The Kier molecular flexibility index (Phi) is 61.9. The third-order valence-corrected chi connectivity index (χ3v) is 0. The smallest absolute Gasteiger partial charge is 1.00 e. The summed E-state index contributed by atoms with van der Waals surface area (Å²) in [5, 5.41) is 7.57. The molecule has 0 unspecified atom stereocenters. The third-order valence-electron chi connectivity index (χ3n) is 0. The van der Waals surface area contributed by atoms with Gasteiger partial charge in [-0.3, -0.25) is 0 Å². The van der Waals surface area contributed by atoms with Gasteiger partial charge in [0.25, 0.3) is 0 Å². The molecular weight excluding hydrogens is 144 g/mol. The molecule has 0 aliphatic carbocycles. The van der Waals surface area contributed by atoms with E-state index in [0.717, 1.165) is 0 Å². The summed E-state index contributed by atoms with van der Waals surface area (Å²) in [6, 6.07) is 0. The first kappa shape index (κ1) is 16.4. The fraction of sp³-hybridized carbons (Fsp3) is 1.00. The fourth-order valence-corrected chi connectivity index (χ4v) is 0. The number of hydrogen-bond donors (Lipinski definition) is 1. The van der Waals surface area contributed by atoms with E-state index in [9.17, 15) is 0 Å². The van der Waals surface area contributed by atoms with Crippen LogP contribution in [0.15, 0.2) is 0 Å². The minimum atomic E-state index is 0. The van der Waals surface area contributed by atoms with E-state index in [0.29, 0.717) is 0 Å². The van der Waals surface area contributed by atoms with Crippen molar-refractivity contribution in [3.63, 3.8) is 0 Å².